The minimum absolute atomic E-state index is 0.303. The number of halogens is 2. The van der Waals surface area contributed by atoms with Crippen LogP contribution in [0, 0.1) is 0 Å². The van der Waals surface area contributed by atoms with E-state index in [1.54, 1.807) is 25.1 Å². The molecule has 148 valence electrons. The van der Waals surface area contributed by atoms with Gasteiger partial charge in [-0.2, -0.15) is 0 Å². The Bertz CT molecular complexity index is 923. The highest BCUT2D eigenvalue weighted by Crippen LogP contribution is 2.41. The van der Waals surface area contributed by atoms with E-state index >= 15 is 0 Å². The molecule has 5 nitrogen and oxygen atoms in total. The Kier molecular flexibility index (Phi) is 4.93. The number of fused-ring (bicyclic) bond motifs is 2. The van der Waals surface area contributed by atoms with E-state index in [0.717, 1.165) is 16.7 Å². The number of urea groups is 1. The van der Waals surface area contributed by atoms with E-state index in [1.165, 1.54) is 0 Å². The minimum atomic E-state index is -1.03. The standard InChI is InChI=1S/C21H22ClFN2O3/c1-21(11-23)10-18(15-6-5-13(22)8-19(15)28-21)25-20(27)24-17-4-2-3-12-7-14(26)9-16(12)17/h2-6,8,14,18,26H,7,9-11H2,1H3,(H2,24,25,27)/t14-,18-,21-/m1/s1. The van der Waals surface area contributed by atoms with E-state index in [0.29, 0.717) is 35.7 Å². The van der Waals surface area contributed by atoms with Crippen LogP contribution in [0.4, 0.5) is 14.9 Å². The molecule has 1 heterocycles. The summed E-state index contributed by atoms with van der Waals surface area (Å²) in [7, 11) is 0. The second kappa shape index (κ2) is 7.26. The number of carbonyl (C=O) groups excluding carboxylic acids is 1. The van der Waals surface area contributed by atoms with Crippen LogP contribution in [0.25, 0.3) is 0 Å². The van der Waals surface area contributed by atoms with Crippen molar-refractivity contribution in [3.8, 4) is 5.75 Å². The Labute approximate surface area is 167 Å². The molecule has 0 unspecified atom stereocenters. The van der Waals surface area contributed by atoms with Gasteiger partial charge in [0, 0.05) is 29.1 Å². The van der Waals surface area contributed by atoms with Gasteiger partial charge in [0.1, 0.15) is 18.0 Å². The maximum Gasteiger partial charge on any atom is 0.319 e. The average molecular weight is 405 g/mol. The van der Waals surface area contributed by atoms with Crippen molar-refractivity contribution >= 4 is 23.3 Å². The van der Waals surface area contributed by atoms with Gasteiger partial charge in [-0.3, -0.25) is 0 Å². The van der Waals surface area contributed by atoms with Crippen LogP contribution in [-0.4, -0.2) is 29.5 Å². The quantitative estimate of drug-likeness (QED) is 0.719. The topological polar surface area (TPSA) is 70.6 Å². The molecule has 2 aromatic rings. The van der Waals surface area contributed by atoms with Gasteiger partial charge >= 0.3 is 6.03 Å². The number of anilines is 1. The molecular formula is C21H22ClFN2O3. The van der Waals surface area contributed by atoms with Gasteiger partial charge < -0.3 is 20.5 Å². The zero-order chi connectivity index (χ0) is 19.9. The lowest BCUT2D eigenvalue weighted by Crippen LogP contribution is -2.45. The number of nitrogens with one attached hydrogen (secondary N) is 2. The number of benzene rings is 2. The molecular weight excluding hydrogens is 383 g/mol. The largest absolute Gasteiger partial charge is 0.484 e. The van der Waals surface area contributed by atoms with Gasteiger partial charge in [-0.15, -0.1) is 0 Å². The highest BCUT2D eigenvalue weighted by atomic mass is 35.5. The lowest BCUT2D eigenvalue weighted by Gasteiger charge is -2.38. The molecule has 0 spiro atoms. The molecule has 0 bridgehead atoms. The number of aliphatic hydroxyl groups excluding tert-OH is 1. The number of alkyl halides is 1. The summed E-state index contributed by atoms with van der Waals surface area (Å²) in [5.74, 6) is 0.480. The molecule has 2 aromatic carbocycles. The molecule has 2 aliphatic rings. The summed E-state index contributed by atoms with van der Waals surface area (Å²) in [6.07, 6.45) is 0.995. The van der Waals surface area contributed by atoms with Gasteiger partial charge in [0.15, 0.2) is 0 Å². The second-order valence-corrected chi connectivity index (χ2v) is 8.16. The first-order valence-electron chi connectivity index (χ1n) is 9.28. The molecule has 28 heavy (non-hydrogen) atoms. The molecule has 4 rings (SSSR count). The molecule has 0 radical (unpaired) electrons. The zero-order valence-corrected chi connectivity index (χ0v) is 16.2. The van der Waals surface area contributed by atoms with Crippen molar-refractivity contribution in [1.29, 1.82) is 0 Å². The molecule has 2 amide bonds. The Morgan fingerprint density at radius 3 is 2.96 bits per heavy atom. The molecule has 1 aliphatic heterocycles. The fraction of sp³-hybridized carbons (Fsp3) is 0.381. The maximum absolute atomic E-state index is 13.6. The van der Waals surface area contributed by atoms with Gasteiger partial charge in [0.05, 0.1) is 12.1 Å². The van der Waals surface area contributed by atoms with Crippen LogP contribution in [0.5, 0.6) is 5.75 Å². The molecule has 0 aromatic heterocycles. The SMILES string of the molecule is C[C@]1(CF)C[C@@H](NC(=O)Nc2cccc3c2C[C@H](O)C3)c2ccc(Cl)cc2O1. The summed E-state index contributed by atoms with van der Waals surface area (Å²) in [5, 5.41) is 16.2. The molecule has 1 aliphatic carbocycles. The summed E-state index contributed by atoms with van der Waals surface area (Å²) in [6.45, 7) is 0.998. The van der Waals surface area contributed by atoms with E-state index < -0.39 is 24.4 Å². The average Bonchev–Trinajstić information content (AvgIpc) is 3.02. The Morgan fingerprint density at radius 2 is 2.18 bits per heavy atom. The van der Waals surface area contributed by atoms with Gasteiger partial charge in [0.2, 0.25) is 0 Å². The van der Waals surface area contributed by atoms with Crippen LogP contribution >= 0.6 is 11.6 Å². The van der Waals surface area contributed by atoms with E-state index in [1.807, 2.05) is 18.2 Å². The van der Waals surface area contributed by atoms with Gasteiger partial charge in [-0.1, -0.05) is 29.8 Å². The lowest BCUT2D eigenvalue weighted by molar-refractivity contribution is 0.0263. The highest BCUT2D eigenvalue weighted by Gasteiger charge is 2.38. The fourth-order valence-corrected chi connectivity index (χ4v) is 4.17. The van der Waals surface area contributed by atoms with Gasteiger partial charge in [-0.05, 0) is 42.7 Å². The fourth-order valence-electron chi connectivity index (χ4n) is 4.01. The minimum Gasteiger partial charge on any atom is -0.484 e. The Balaban J connectivity index is 1.54. The third-order valence-electron chi connectivity index (χ3n) is 5.35. The molecule has 7 heteroatoms. The smallest absolute Gasteiger partial charge is 0.319 e. The van der Waals surface area contributed by atoms with Gasteiger partial charge in [0.25, 0.3) is 0 Å². The molecule has 3 N–H and O–H groups in total. The van der Waals surface area contributed by atoms with Crippen LogP contribution < -0.4 is 15.4 Å². The van der Waals surface area contributed by atoms with Crippen LogP contribution in [-0.2, 0) is 12.8 Å². The first-order chi connectivity index (χ1) is 13.4. The number of hydrogen-bond donors (Lipinski definition) is 3. The van der Waals surface area contributed by atoms with E-state index in [-0.39, 0.29) is 6.03 Å². The van der Waals surface area contributed by atoms with Crippen molar-refractivity contribution in [3.63, 3.8) is 0 Å². The van der Waals surface area contributed by atoms with Crippen molar-refractivity contribution in [2.45, 2.75) is 43.9 Å². The monoisotopic (exact) mass is 404 g/mol. The summed E-state index contributed by atoms with van der Waals surface area (Å²) in [6, 6.07) is 9.99. The van der Waals surface area contributed by atoms with Crippen molar-refractivity contribution in [1.82, 2.24) is 5.32 Å². The first-order valence-corrected chi connectivity index (χ1v) is 9.65. The van der Waals surface area contributed by atoms with Crippen LogP contribution in [0.1, 0.15) is 36.1 Å². The molecule has 0 fully saturated rings. The third-order valence-corrected chi connectivity index (χ3v) is 5.58. The van der Waals surface area contributed by atoms with Crippen LogP contribution in [0.3, 0.4) is 0 Å². The summed E-state index contributed by atoms with van der Waals surface area (Å²) in [5.41, 5.74) is 2.41. The van der Waals surface area contributed by atoms with E-state index in [9.17, 15) is 14.3 Å². The number of aliphatic hydroxyl groups is 1. The second-order valence-electron chi connectivity index (χ2n) is 7.73. The number of carbonyl (C=O) groups is 1. The zero-order valence-electron chi connectivity index (χ0n) is 15.5. The predicted molar refractivity (Wildman–Crippen MR) is 106 cm³/mol. The van der Waals surface area contributed by atoms with Crippen LogP contribution in [0.2, 0.25) is 5.02 Å². The van der Waals surface area contributed by atoms with Crippen LogP contribution in [0.15, 0.2) is 36.4 Å². The van der Waals surface area contributed by atoms with E-state index in [2.05, 4.69) is 10.6 Å². The maximum atomic E-state index is 13.6. The molecule has 3 atom stereocenters. The van der Waals surface area contributed by atoms with Crippen molar-refractivity contribution < 1.29 is 19.0 Å². The number of ether oxygens (including phenoxy) is 1. The summed E-state index contributed by atoms with van der Waals surface area (Å²) < 4.78 is 19.4. The predicted octanol–water partition coefficient (Wildman–Crippen LogP) is 4.17. The van der Waals surface area contributed by atoms with Crippen molar-refractivity contribution in [2.24, 2.45) is 0 Å². The normalized spacial score (nSPS) is 25.4. The summed E-state index contributed by atoms with van der Waals surface area (Å²) in [4.78, 5) is 12.7. The molecule has 0 saturated heterocycles. The number of hydrogen-bond acceptors (Lipinski definition) is 3. The first kappa shape index (κ1) is 19.0. The Morgan fingerprint density at radius 1 is 1.36 bits per heavy atom. The summed E-state index contributed by atoms with van der Waals surface area (Å²) >= 11 is 6.05. The molecule has 0 saturated carbocycles. The lowest BCUT2D eigenvalue weighted by atomic mass is 9.89. The number of rotatable bonds is 3. The highest BCUT2D eigenvalue weighted by molar-refractivity contribution is 6.30. The van der Waals surface area contributed by atoms with Gasteiger partial charge in [-0.25, -0.2) is 9.18 Å². The Hall–Kier alpha value is -2.31. The van der Waals surface area contributed by atoms with Crippen molar-refractivity contribution in [3.05, 3.63) is 58.1 Å². The number of amides is 2. The van der Waals surface area contributed by atoms with Crippen molar-refractivity contribution in [2.75, 3.05) is 12.0 Å². The van der Waals surface area contributed by atoms with E-state index in [4.69, 9.17) is 16.3 Å². The third kappa shape index (κ3) is 3.66.